The number of carboxylic acid groups (broad SMARTS) is 1. The molecule has 0 bridgehead atoms. The molecule has 0 spiro atoms. The number of rotatable bonds is 2. The Labute approximate surface area is 97.4 Å². The zero-order chi connectivity index (χ0) is 13.5. The molecule has 1 aromatic carbocycles. The molecule has 0 radical (unpaired) electrons. The van der Waals surface area contributed by atoms with E-state index in [1.165, 1.54) is 0 Å². The summed E-state index contributed by atoms with van der Waals surface area (Å²) >= 11 is 0. The van der Waals surface area contributed by atoms with Crippen LogP contribution in [0.25, 0.3) is 10.9 Å². The molecule has 0 aliphatic rings. The standard InChI is InChI=1S/C10H6F4N2O2/c11-5-1-2-7-6(3-5)9(10(12,13)14)15-16(7)4-8(17)18/h1-3H,4H2,(H,17,18). The van der Waals surface area contributed by atoms with E-state index in [9.17, 15) is 22.4 Å². The van der Waals surface area contributed by atoms with Gasteiger partial charge in [0, 0.05) is 5.39 Å². The van der Waals surface area contributed by atoms with Crippen LogP contribution in [-0.4, -0.2) is 20.9 Å². The van der Waals surface area contributed by atoms with E-state index in [1.54, 1.807) is 0 Å². The minimum absolute atomic E-state index is 0.0777. The maximum atomic E-state index is 13.0. The Bertz CT molecular complexity index is 618. The maximum absolute atomic E-state index is 13.0. The second-order valence-electron chi connectivity index (χ2n) is 3.56. The van der Waals surface area contributed by atoms with Crippen molar-refractivity contribution >= 4 is 16.9 Å². The number of hydrogen-bond donors (Lipinski definition) is 1. The molecule has 0 amide bonds. The second kappa shape index (κ2) is 3.97. The number of fused-ring (bicyclic) bond motifs is 1. The van der Waals surface area contributed by atoms with Crippen molar-refractivity contribution in [3.8, 4) is 0 Å². The predicted octanol–water partition coefficient (Wildman–Crippen LogP) is 2.28. The van der Waals surface area contributed by atoms with E-state index in [2.05, 4.69) is 5.10 Å². The van der Waals surface area contributed by atoms with Crippen molar-refractivity contribution in [2.24, 2.45) is 0 Å². The van der Waals surface area contributed by atoms with E-state index in [-0.39, 0.29) is 5.52 Å². The number of carboxylic acids is 1. The highest BCUT2D eigenvalue weighted by atomic mass is 19.4. The summed E-state index contributed by atoms with van der Waals surface area (Å²) in [6.07, 6.45) is -4.77. The summed E-state index contributed by atoms with van der Waals surface area (Å²) < 4.78 is 51.6. The molecule has 1 N–H and O–H groups in total. The van der Waals surface area contributed by atoms with Gasteiger partial charge in [-0.1, -0.05) is 0 Å². The Hall–Kier alpha value is -2.12. The number of alkyl halides is 3. The molecular weight excluding hydrogens is 256 g/mol. The summed E-state index contributed by atoms with van der Waals surface area (Å²) in [5, 5.41) is 11.3. The molecule has 4 nitrogen and oxygen atoms in total. The Morgan fingerprint density at radius 1 is 1.39 bits per heavy atom. The summed E-state index contributed by atoms with van der Waals surface area (Å²) in [5.74, 6) is -2.18. The highest BCUT2D eigenvalue weighted by Gasteiger charge is 2.37. The number of aliphatic carboxylic acids is 1. The Balaban J connectivity index is 2.71. The monoisotopic (exact) mass is 262 g/mol. The zero-order valence-corrected chi connectivity index (χ0v) is 8.70. The van der Waals surface area contributed by atoms with Crippen molar-refractivity contribution in [2.75, 3.05) is 0 Å². The molecule has 1 aromatic heterocycles. The van der Waals surface area contributed by atoms with Crippen LogP contribution in [0, 0.1) is 5.82 Å². The third-order valence-corrected chi connectivity index (χ3v) is 2.27. The van der Waals surface area contributed by atoms with Gasteiger partial charge in [-0.05, 0) is 18.2 Å². The molecule has 2 rings (SSSR count). The molecule has 96 valence electrons. The van der Waals surface area contributed by atoms with Crippen molar-refractivity contribution in [3.05, 3.63) is 29.7 Å². The largest absolute Gasteiger partial charge is 0.480 e. The number of carbonyl (C=O) groups is 1. The van der Waals surface area contributed by atoms with E-state index in [0.29, 0.717) is 10.7 Å². The average Bonchev–Trinajstić information content (AvgIpc) is 2.55. The molecule has 8 heteroatoms. The summed E-state index contributed by atoms with van der Waals surface area (Å²) in [7, 11) is 0. The van der Waals surface area contributed by atoms with Crippen LogP contribution in [0.15, 0.2) is 18.2 Å². The maximum Gasteiger partial charge on any atom is 0.435 e. The fraction of sp³-hybridized carbons (Fsp3) is 0.200. The smallest absolute Gasteiger partial charge is 0.435 e. The number of hydrogen-bond acceptors (Lipinski definition) is 2. The van der Waals surface area contributed by atoms with E-state index in [4.69, 9.17) is 5.11 Å². The van der Waals surface area contributed by atoms with Gasteiger partial charge >= 0.3 is 12.1 Å². The molecule has 0 fully saturated rings. The van der Waals surface area contributed by atoms with Crippen LogP contribution in [0.2, 0.25) is 0 Å². The Morgan fingerprint density at radius 3 is 2.61 bits per heavy atom. The topological polar surface area (TPSA) is 55.1 Å². The number of nitrogens with zero attached hydrogens (tertiary/aromatic N) is 2. The van der Waals surface area contributed by atoms with Crippen LogP contribution in [0.4, 0.5) is 17.6 Å². The normalized spacial score (nSPS) is 12.0. The molecule has 18 heavy (non-hydrogen) atoms. The third-order valence-electron chi connectivity index (χ3n) is 2.27. The van der Waals surface area contributed by atoms with Crippen LogP contribution in [0.1, 0.15) is 5.69 Å². The van der Waals surface area contributed by atoms with Crippen molar-refractivity contribution in [1.29, 1.82) is 0 Å². The van der Waals surface area contributed by atoms with Crippen molar-refractivity contribution in [3.63, 3.8) is 0 Å². The van der Waals surface area contributed by atoms with Gasteiger partial charge in [-0.25, -0.2) is 4.39 Å². The van der Waals surface area contributed by atoms with Gasteiger partial charge in [0.1, 0.15) is 12.4 Å². The Morgan fingerprint density at radius 2 is 2.06 bits per heavy atom. The summed E-state index contributed by atoms with van der Waals surface area (Å²) in [4.78, 5) is 10.5. The molecule has 2 aromatic rings. The van der Waals surface area contributed by atoms with Gasteiger partial charge in [0.2, 0.25) is 0 Å². The first-order chi connectivity index (χ1) is 8.29. The van der Waals surface area contributed by atoms with Crippen LogP contribution in [0.5, 0.6) is 0 Å². The first-order valence-electron chi connectivity index (χ1n) is 4.74. The van der Waals surface area contributed by atoms with Gasteiger partial charge in [0.25, 0.3) is 0 Å². The van der Waals surface area contributed by atoms with Crippen LogP contribution >= 0.6 is 0 Å². The van der Waals surface area contributed by atoms with Gasteiger partial charge in [0.05, 0.1) is 5.52 Å². The highest BCUT2D eigenvalue weighted by molar-refractivity contribution is 5.83. The van der Waals surface area contributed by atoms with Crippen LogP contribution in [-0.2, 0) is 17.5 Å². The molecule has 0 unspecified atom stereocenters. The lowest BCUT2D eigenvalue weighted by atomic mass is 10.2. The molecule has 0 aliphatic carbocycles. The van der Waals surface area contributed by atoms with Gasteiger partial charge in [-0.3, -0.25) is 9.48 Å². The molecule has 0 aliphatic heterocycles. The molecule has 0 saturated carbocycles. The van der Waals surface area contributed by atoms with E-state index >= 15 is 0 Å². The quantitative estimate of drug-likeness (QED) is 0.845. The van der Waals surface area contributed by atoms with Gasteiger partial charge in [-0.2, -0.15) is 18.3 Å². The third kappa shape index (κ3) is 2.13. The van der Waals surface area contributed by atoms with E-state index in [1.807, 2.05) is 0 Å². The van der Waals surface area contributed by atoms with Crippen LogP contribution < -0.4 is 0 Å². The average molecular weight is 262 g/mol. The van der Waals surface area contributed by atoms with Crippen molar-refractivity contribution in [2.45, 2.75) is 12.7 Å². The molecule has 1 heterocycles. The van der Waals surface area contributed by atoms with Gasteiger partial charge in [0.15, 0.2) is 5.69 Å². The fourth-order valence-electron chi connectivity index (χ4n) is 1.61. The molecule has 0 saturated heterocycles. The predicted molar refractivity (Wildman–Crippen MR) is 52.3 cm³/mol. The summed E-state index contributed by atoms with van der Waals surface area (Å²) in [6, 6.07) is 2.70. The number of aromatic nitrogens is 2. The lowest BCUT2D eigenvalue weighted by Gasteiger charge is -2.01. The summed E-state index contributed by atoms with van der Waals surface area (Å²) in [6.45, 7) is -0.724. The fourth-order valence-corrected chi connectivity index (χ4v) is 1.61. The molecular formula is C10H6F4N2O2. The highest BCUT2D eigenvalue weighted by Crippen LogP contribution is 2.34. The van der Waals surface area contributed by atoms with Gasteiger partial charge in [-0.15, -0.1) is 0 Å². The molecule has 0 atom stereocenters. The van der Waals surface area contributed by atoms with Crippen molar-refractivity contribution < 1.29 is 27.5 Å². The first-order valence-corrected chi connectivity index (χ1v) is 4.74. The number of benzene rings is 1. The van der Waals surface area contributed by atoms with E-state index in [0.717, 1.165) is 12.1 Å². The van der Waals surface area contributed by atoms with Gasteiger partial charge < -0.3 is 5.11 Å². The van der Waals surface area contributed by atoms with Crippen LogP contribution in [0.3, 0.4) is 0 Å². The summed E-state index contributed by atoms with van der Waals surface area (Å²) in [5.41, 5.74) is -1.37. The zero-order valence-electron chi connectivity index (χ0n) is 8.70. The first kappa shape index (κ1) is 12.3. The second-order valence-corrected chi connectivity index (χ2v) is 3.56. The lowest BCUT2D eigenvalue weighted by molar-refractivity contribution is -0.142. The van der Waals surface area contributed by atoms with E-state index < -0.39 is 35.6 Å². The SMILES string of the molecule is O=C(O)Cn1nc(C(F)(F)F)c2cc(F)ccc21. The Kier molecular flexibility index (Phi) is 2.72. The minimum atomic E-state index is -4.77. The number of halogens is 4. The minimum Gasteiger partial charge on any atom is -0.480 e. The lowest BCUT2D eigenvalue weighted by Crippen LogP contribution is -2.12. The van der Waals surface area contributed by atoms with Crippen molar-refractivity contribution in [1.82, 2.24) is 9.78 Å².